The van der Waals surface area contributed by atoms with E-state index in [0.29, 0.717) is 0 Å². The highest BCUT2D eigenvalue weighted by Crippen LogP contribution is 2.15. The van der Waals surface area contributed by atoms with Crippen molar-refractivity contribution in [3.8, 4) is 6.01 Å². The second-order valence-electron chi connectivity index (χ2n) is 2.58. The second kappa shape index (κ2) is 7.07. The summed E-state index contributed by atoms with van der Waals surface area (Å²) >= 11 is 0. The minimum atomic E-state index is -4.46. The first-order valence-corrected chi connectivity index (χ1v) is 4.76. The molecule has 1 aromatic heterocycles. The van der Waals surface area contributed by atoms with E-state index in [1.807, 2.05) is 13.8 Å². The number of aromatic nitrogens is 2. The number of halogens is 3. The summed E-state index contributed by atoms with van der Waals surface area (Å²) in [7, 11) is -1.76. The zero-order chi connectivity index (χ0) is 13.5. The van der Waals surface area contributed by atoms with Gasteiger partial charge < -0.3 is 14.8 Å². The van der Waals surface area contributed by atoms with E-state index in [0.717, 1.165) is 12.4 Å². The van der Waals surface area contributed by atoms with Gasteiger partial charge >= 0.3 is 19.3 Å². The Bertz CT molecular complexity index is 319. The Labute approximate surface area is 96.4 Å². The summed E-state index contributed by atoms with van der Waals surface area (Å²) in [6.07, 6.45) is -2.54. The summed E-state index contributed by atoms with van der Waals surface area (Å²) in [4.78, 5) is 6.70. The quantitative estimate of drug-likeness (QED) is 0.747. The Morgan fingerprint density at radius 1 is 1.24 bits per heavy atom. The largest absolute Gasteiger partial charge is 0.491 e. The van der Waals surface area contributed by atoms with Gasteiger partial charge in [0.05, 0.1) is 0 Å². The lowest BCUT2D eigenvalue weighted by atomic mass is 9.83. The van der Waals surface area contributed by atoms with E-state index in [1.165, 1.54) is 0 Å². The lowest BCUT2D eigenvalue weighted by Crippen LogP contribution is -2.30. The summed E-state index contributed by atoms with van der Waals surface area (Å²) in [5.41, 5.74) is -0.0330. The summed E-state index contributed by atoms with van der Waals surface area (Å²) in [6, 6.07) is -0.475. The number of alkyl halides is 3. The van der Waals surface area contributed by atoms with Gasteiger partial charge in [0.25, 0.3) is 0 Å². The van der Waals surface area contributed by atoms with Crippen molar-refractivity contribution in [2.24, 2.45) is 0 Å². The Morgan fingerprint density at radius 3 is 2.06 bits per heavy atom. The fraction of sp³-hybridized carbons (Fsp3) is 0.500. The summed E-state index contributed by atoms with van der Waals surface area (Å²) in [6.45, 7) is 2.51. The fourth-order valence-corrected chi connectivity index (χ4v) is 0.680. The molecule has 0 spiro atoms. The first-order chi connectivity index (χ1) is 7.88. The van der Waals surface area contributed by atoms with E-state index in [2.05, 4.69) is 14.7 Å². The van der Waals surface area contributed by atoms with Crippen molar-refractivity contribution in [2.75, 3.05) is 6.61 Å². The van der Waals surface area contributed by atoms with E-state index in [-0.39, 0.29) is 5.46 Å². The average molecular weight is 252 g/mol. The normalized spacial score (nSPS) is 10.3. The van der Waals surface area contributed by atoms with Gasteiger partial charge in [-0.25, -0.2) is 9.97 Å². The number of rotatable bonds is 3. The van der Waals surface area contributed by atoms with Crippen LogP contribution < -0.4 is 10.2 Å². The van der Waals surface area contributed by atoms with Crippen LogP contribution in [0.1, 0.15) is 13.8 Å². The minimum absolute atomic E-state index is 0.0330. The van der Waals surface area contributed by atoms with E-state index in [4.69, 9.17) is 10.0 Å². The van der Waals surface area contributed by atoms with Gasteiger partial charge in [-0.05, 0) is 0 Å². The van der Waals surface area contributed by atoms with Crippen LogP contribution in [0.2, 0.25) is 0 Å². The third-order valence-electron chi connectivity index (χ3n) is 1.31. The highest BCUT2D eigenvalue weighted by molar-refractivity contribution is 6.58. The average Bonchev–Trinajstić information content (AvgIpc) is 2.29. The van der Waals surface area contributed by atoms with Crippen molar-refractivity contribution in [1.29, 1.82) is 0 Å². The van der Waals surface area contributed by atoms with Gasteiger partial charge in [-0.15, -0.1) is 0 Å². The van der Waals surface area contributed by atoms with Crippen LogP contribution in [0, 0.1) is 0 Å². The standard InChI is InChI=1S/C6H6BF3N2O3.C2H6/c8-6(9,10)3-15-5-11-1-4(2-12-5)7(13)14;1-2/h1-2,13-14H,3H2;1-2H3. The molecule has 0 saturated heterocycles. The van der Waals surface area contributed by atoms with Crippen molar-refractivity contribution in [1.82, 2.24) is 9.97 Å². The second-order valence-corrected chi connectivity index (χ2v) is 2.58. The number of nitrogens with zero attached hydrogens (tertiary/aromatic N) is 2. The zero-order valence-electron chi connectivity index (χ0n) is 9.27. The third-order valence-corrected chi connectivity index (χ3v) is 1.31. The number of hydrogen-bond acceptors (Lipinski definition) is 5. The molecule has 0 saturated carbocycles. The first kappa shape index (κ1) is 15.7. The van der Waals surface area contributed by atoms with Crippen LogP contribution in [0.15, 0.2) is 12.4 Å². The lowest BCUT2D eigenvalue weighted by Gasteiger charge is -2.07. The molecule has 0 aromatic carbocycles. The molecule has 0 aliphatic heterocycles. The van der Waals surface area contributed by atoms with Crippen LogP contribution in [-0.2, 0) is 0 Å². The molecule has 1 rings (SSSR count). The molecule has 0 fully saturated rings. The van der Waals surface area contributed by atoms with Gasteiger partial charge in [0.2, 0.25) is 0 Å². The van der Waals surface area contributed by atoms with Gasteiger partial charge in [0, 0.05) is 17.9 Å². The van der Waals surface area contributed by atoms with Gasteiger partial charge in [0.15, 0.2) is 6.61 Å². The van der Waals surface area contributed by atoms with Crippen molar-refractivity contribution in [3.63, 3.8) is 0 Å². The molecule has 5 nitrogen and oxygen atoms in total. The van der Waals surface area contributed by atoms with E-state index in [1.54, 1.807) is 0 Å². The zero-order valence-corrected chi connectivity index (χ0v) is 9.27. The van der Waals surface area contributed by atoms with Crippen LogP contribution in [0.5, 0.6) is 6.01 Å². The van der Waals surface area contributed by atoms with Crippen molar-refractivity contribution >= 4 is 12.6 Å². The number of ether oxygens (including phenoxy) is 1. The summed E-state index contributed by atoms with van der Waals surface area (Å²) in [5.74, 6) is 0. The Hall–Kier alpha value is -1.35. The molecule has 17 heavy (non-hydrogen) atoms. The summed E-state index contributed by atoms with van der Waals surface area (Å²) < 4.78 is 39.3. The molecule has 0 atom stereocenters. The van der Waals surface area contributed by atoms with Crippen molar-refractivity contribution in [3.05, 3.63) is 12.4 Å². The monoisotopic (exact) mass is 252 g/mol. The van der Waals surface area contributed by atoms with Crippen LogP contribution >= 0.6 is 0 Å². The molecule has 2 N–H and O–H groups in total. The molecule has 1 aromatic rings. The maximum Gasteiger partial charge on any atom is 0.491 e. The van der Waals surface area contributed by atoms with Gasteiger partial charge in [0.1, 0.15) is 0 Å². The molecule has 0 unspecified atom stereocenters. The third kappa shape index (κ3) is 6.74. The minimum Gasteiger partial charge on any atom is -0.454 e. The molecule has 0 amide bonds. The van der Waals surface area contributed by atoms with E-state index < -0.39 is 25.9 Å². The first-order valence-electron chi connectivity index (χ1n) is 4.76. The smallest absolute Gasteiger partial charge is 0.454 e. The Balaban J connectivity index is 0.00000121. The number of hydrogen-bond donors (Lipinski definition) is 2. The molecule has 9 heteroatoms. The van der Waals surface area contributed by atoms with Gasteiger partial charge in [-0.2, -0.15) is 13.2 Å². The predicted octanol–water partition coefficient (Wildman–Crippen LogP) is 0.124. The highest BCUT2D eigenvalue weighted by atomic mass is 19.4. The topological polar surface area (TPSA) is 75.5 Å². The lowest BCUT2D eigenvalue weighted by molar-refractivity contribution is -0.154. The maximum absolute atomic E-state index is 11.7. The molecule has 96 valence electrons. The molecule has 0 radical (unpaired) electrons. The molecular formula is C8H12BF3N2O3. The van der Waals surface area contributed by atoms with Crippen LogP contribution in [0.25, 0.3) is 0 Å². The molecular weight excluding hydrogens is 240 g/mol. The van der Waals surface area contributed by atoms with Crippen LogP contribution in [0.3, 0.4) is 0 Å². The molecule has 1 heterocycles. The Morgan fingerprint density at radius 2 is 1.71 bits per heavy atom. The van der Waals surface area contributed by atoms with Gasteiger partial charge in [-0.3, -0.25) is 0 Å². The highest BCUT2D eigenvalue weighted by Gasteiger charge is 2.29. The van der Waals surface area contributed by atoms with Crippen molar-refractivity contribution < 1.29 is 28.0 Å². The molecule has 0 aliphatic carbocycles. The van der Waals surface area contributed by atoms with Crippen LogP contribution in [-0.4, -0.2) is 39.9 Å². The van der Waals surface area contributed by atoms with Crippen molar-refractivity contribution in [2.45, 2.75) is 20.0 Å². The van der Waals surface area contributed by atoms with E-state index in [9.17, 15) is 13.2 Å². The molecule has 0 bridgehead atoms. The molecule has 0 aliphatic rings. The predicted molar refractivity (Wildman–Crippen MR) is 54.8 cm³/mol. The SMILES string of the molecule is CC.OB(O)c1cnc(OCC(F)(F)F)nc1. The van der Waals surface area contributed by atoms with E-state index >= 15 is 0 Å². The van der Waals surface area contributed by atoms with Gasteiger partial charge in [-0.1, -0.05) is 13.8 Å². The Kier molecular flexibility index (Phi) is 6.51. The summed E-state index contributed by atoms with van der Waals surface area (Å²) in [5, 5.41) is 17.3. The van der Waals surface area contributed by atoms with Crippen LogP contribution in [0.4, 0.5) is 13.2 Å². The maximum atomic E-state index is 11.7. The fourth-order valence-electron chi connectivity index (χ4n) is 0.680.